The van der Waals surface area contributed by atoms with Crippen LogP contribution < -0.4 is 10.5 Å². The third-order valence-electron chi connectivity index (χ3n) is 3.80. The summed E-state index contributed by atoms with van der Waals surface area (Å²) < 4.78 is 33.8. The average molecular weight is 367 g/mol. The summed E-state index contributed by atoms with van der Waals surface area (Å²) in [7, 11) is -3.53. The first kappa shape index (κ1) is 14.0. The lowest BCUT2D eigenvalue weighted by Gasteiger charge is -2.52. The molecule has 19 heavy (non-hydrogen) atoms. The van der Waals surface area contributed by atoms with Gasteiger partial charge >= 0.3 is 0 Å². The molecule has 1 aromatic rings. The molecule has 2 fully saturated rings. The number of hydrogen-bond donors (Lipinski definition) is 2. The Kier molecular flexibility index (Phi) is 3.74. The summed E-state index contributed by atoms with van der Waals surface area (Å²) in [6, 6.07) is 1.25. The molecule has 0 radical (unpaired) electrons. The Hall–Kier alpha value is 0.01000. The third-order valence-corrected chi connectivity index (χ3v) is 7.93. The number of hydrogen-bond acceptors (Lipinski definition) is 5. The zero-order valence-electron chi connectivity index (χ0n) is 10.1. The molecule has 3 rings (SSSR count). The van der Waals surface area contributed by atoms with E-state index in [1.807, 2.05) is 0 Å². The molecule has 0 spiro atoms. The van der Waals surface area contributed by atoms with Crippen LogP contribution in [0.2, 0.25) is 0 Å². The lowest BCUT2D eigenvalue weighted by atomic mass is 9.69. The molecule has 106 valence electrons. The predicted molar refractivity (Wildman–Crippen MR) is 76.6 cm³/mol. The molecule has 4 unspecified atom stereocenters. The largest absolute Gasteiger partial charge is 0.376 e. The number of halogens is 1. The number of nitrogens with one attached hydrogen (secondary N) is 1. The summed E-state index contributed by atoms with van der Waals surface area (Å²) in [5, 5.41) is 1.74. The van der Waals surface area contributed by atoms with Gasteiger partial charge in [0, 0.05) is 23.0 Å². The van der Waals surface area contributed by atoms with E-state index < -0.39 is 10.0 Å². The zero-order valence-corrected chi connectivity index (χ0v) is 13.3. The van der Waals surface area contributed by atoms with Crippen LogP contribution in [0, 0.1) is 5.92 Å². The first-order valence-electron chi connectivity index (χ1n) is 6.13. The van der Waals surface area contributed by atoms with E-state index in [2.05, 4.69) is 20.7 Å². The minimum Gasteiger partial charge on any atom is -0.376 e. The van der Waals surface area contributed by atoms with Crippen LogP contribution in [0.1, 0.15) is 12.8 Å². The number of sulfonamides is 1. The van der Waals surface area contributed by atoms with Gasteiger partial charge in [-0.25, -0.2) is 13.1 Å². The molecule has 1 aliphatic heterocycles. The third kappa shape index (κ3) is 2.38. The average Bonchev–Trinajstić information content (AvgIpc) is 2.83. The Balaban J connectivity index is 1.77. The van der Waals surface area contributed by atoms with Crippen molar-refractivity contribution in [2.24, 2.45) is 11.7 Å². The number of rotatable bonds is 3. The van der Waals surface area contributed by atoms with Crippen molar-refractivity contribution in [3.63, 3.8) is 0 Å². The number of thiophene rings is 1. The van der Waals surface area contributed by atoms with Crippen molar-refractivity contribution in [1.29, 1.82) is 0 Å². The van der Waals surface area contributed by atoms with Crippen LogP contribution >= 0.6 is 27.3 Å². The fourth-order valence-corrected chi connectivity index (χ4v) is 6.43. The van der Waals surface area contributed by atoms with Gasteiger partial charge in [0.1, 0.15) is 4.21 Å². The molecule has 0 aromatic carbocycles. The minimum atomic E-state index is -3.53. The molecule has 1 aromatic heterocycles. The van der Waals surface area contributed by atoms with Crippen molar-refractivity contribution >= 4 is 37.3 Å². The predicted octanol–water partition coefficient (Wildman–Crippen LogP) is 1.29. The van der Waals surface area contributed by atoms with Gasteiger partial charge in [0.2, 0.25) is 0 Å². The van der Waals surface area contributed by atoms with E-state index in [0.717, 1.165) is 12.8 Å². The maximum atomic E-state index is 12.3. The van der Waals surface area contributed by atoms with Gasteiger partial charge in [-0.05, 0) is 40.2 Å². The Bertz CT molecular complexity index is 574. The lowest BCUT2D eigenvalue weighted by Crippen LogP contribution is -2.71. The smallest absolute Gasteiger partial charge is 0.251 e. The van der Waals surface area contributed by atoms with Crippen molar-refractivity contribution in [2.75, 3.05) is 6.61 Å². The lowest BCUT2D eigenvalue weighted by molar-refractivity contribution is -0.114. The van der Waals surface area contributed by atoms with Gasteiger partial charge in [-0.2, -0.15) is 0 Å². The summed E-state index contributed by atoms with van der Waals surface area (Å²) in [5.41, 5.74) is 6.06. The molecule has 5 nitrogen and oxygen atoms in total. The van der Waals surface area contributed by atoms with Crippen LogP contribution in [0.5, 0.6) is 0 Å². The fourth-order valence-electron chi connectivity index (χ4n) is 2.80. The maximum Gasteiger partial charge on any atom is 0.251 e. The first-order chi connectivity index (χ1) is 9.00. The second-order valence-electron chi connectivity index (χ2n) is 4.92. The molecule has 1 aliphatic carbocycles. The highest BCUT2D eigenvalue weighted by molar-refractivity contribution is 9.10. The van der Waals surface area contributed by atoms with Gasteiger partial charge in [-0.1, -0.05) is 0 Å². The second-order valence-corrected chi connectivity index (χ2v) is 8.60. The topological polar surface area (TPSA) is 81.4 Å². The van der Waals surface area contributed by atoms with Crippen molar-refractivity contribution in [3.05, 3.63) is 15.9 Å². The van der Waals surface area contributed by atoms with Crippen molar-refractivity contribution in [1.82, 2.24) is 4.72 Å². The van der Waals surface area contributed by atoms with Crippen molar-refractivity contribution < 1.29 is 13.2 Å². The van der Waals surface area contributed by atoms with Crippen LogP contribution in [0.3, 0.4) is 0 Å². The standard InChI is InChI=1S/C11H15BrN2O3S2/c12-7-3-5-18-11(7)19(15,16)14-9-8(13)6-2-1-4-17-10(6)9/h3,5-6,8-10,14H,1-2,4,13H2. The van der Waals surface area contributed by atoms with E-state index in [0.29, 0.717) is 15.3 Å². The molecule has 4 atom stereocenters. The van der Waals surface area contributed by atoms with Crippen LogP contribution in [-0.2, 0) is 14.8 Å². The van der Waals surface area contributed by atoms with Gasteiger partial charge in [-0.15, -0.1) is 11.3 Å². The Morgan fingerprint density at radius 3 is 3.00 bits per heavy atom. The molecular formula is C11H15BrN2O3S2. The highest BCUT2D eigenvalue weighted by Crippen LogP contribution is 2.38. The number of nitrogens with two attached hydrogens (primary N) is 1. The van der Waals surface area contributed by atoms with Crippen molar-refractivity contribution in [2.45, 2.75) is 35.2 Å². The minimum absolute atomic E-state index is 0.0720. The normalized spacial score (nSPS) is 34.6. The Morgan fingerprint density at radius 2 is 2.32 bits per heavy atom. The van der Waals surface area contributed by atoms with Gasteiger partial charge < -0.3 is 10.5 Å². The molecule has 0 bridgehead atoms. The summed E-state index contributed by atoms with van der Waals surface area (Å²) >= 11 is 4.43. The van der Waals surface area contributed by atoms with E-state index in [-0.39, 0.29) is 24.1 Å². The molecule has 1 saturated heterocycles. The van der Waals surface area contributed by atoms with Crippen LogP contribution in [0.4, 0.5) is 0 Å². The van der Waals surface area contributed by atoms with Gasteiger partial charge in [0.15, 0.2) is 0 Å². The number of ether oxygens (including phenoxy) is 1. The van der Waals surface area contributed by atoms with Gasteiger partial charge in [0.25, 0.3) is 10.0 Å². The fraction of sp³-hybridized carbons (Fsp3) is 0.636. The summed E-state index contributed by atoms with van der Waals surface area (Å²) in [4.78, 5) is 0. The molecule has 1 saturated carbocycles. The van der Waals surface area contributed by atoms with Crippen LogP contribution in [0.15, 0.2) is 20.1 Å². The molecule has 0 amide bonds. The maximum absolute atomic E-state index is 12.3. The number of fused-ring (bicyclic) bond motifs is 1. The Labute approximate surface area is 124 Å². The molecular weight excluding hydrogens is 352 g/mol. The van der Waals surface area contributed by atoms with Crippen LogP contribution in [-0.4, -0.2) is 33.2 Å². The zero-order chi connectivity index (χ0) is 13.6. The highest BCUT2D eigenvalue weighted by atomic mass is 79.9. The molecule has 8 heteroatoms. The van der Waals surface area contributed by atoms with E-state index >= 15 is 0 Å². The monoisotopic (exact) mass is 366 g/mol. The van der Waals surface area contributed by atoms with E-state index in [4.69, 9.17) is 10.5 Å². The van der Waals surface area contributed by atoms with Crippen molar-refractivity contribution in [3.8, 4) is 0 Å². The van der Waals surface area contributed by atoms with E-state index in [9.17, 15) is 8.42 Å². The van der Waals surface area contributed by atoms with Gasteiger partial charge in [0.05, 0.1) is 12.1 Å². The van der Waals surface area contributed by atoms with Crippen LogP contribution in [0.25, 0.3) is 0 Å². The highest BCUT2D eigenvalue weighted by Gasteiger charge is 2.52. The summed E-state index contributed by atoms with van der Waals surface area (Å²) in [5.74, 6) is 0.285. The van der Waals surface area contributed by atoms with E-state index in [1.165, 1.54) is 11.3 Å². The first-order valence-corrected chi connectivity index (χ1v) is 9.29. The quantitative estimate of drug-likeness (QED) is 0.844. The SMILES string of the molecule is NC1C2CCCOC2C1NS(=O)(=O)c1sccc1Br. The molecule has 2 heterocycles. The molecule has 3 N–H and O–H groups in total. The van der Waals surface area contributed by atoms with E-state index in [1.54, 1.807) is 11.4 Å². The summed E-state index contributed by atoms with van der Waals surface area (Å²) in [6.07, 6.45) is 1.95. The summed E-state index contributed by atoms with van der Waals surface area (Å²) in [6.45, 7) is 0.689. The second kappa shape index (κ2) is 5.09. The van der Waals surface area contributed by atoms with Gasteiger partial charge in [-0.3, -0.25) is 0 Å². The Morgan fingerprint density at radius 1 is 1.53 bits per heavy atom. The molecule has 2 aliphatic rings.